The maximum Gasteiger partial charge on any atom is 0.122 e. The number of ether oxygens (including phenoxy) is 1. The molecule has 5 aromatic rings. The molecule has 0 amide bonds. The third-order valence-corrected chi connectivity index (χ3v) is 15.4. The second-order valence-corrected chi connectivity index (χ2v) is 20.0. The van der Waals surface area contributed by atoms with Crippen LogP contribution in [-0.2, 0) is 25.7 Å². The summed E-state index contributed by atoms with van der Waals surface area (Å²) in [6, 6.07) is 37.7. The summed E-state index contributed by atoms with van der Waals surface area (Å²) < 4.78 is 6.81. The van der Waals surface area contributed by atoms with Crippen LogP contribution in [-0.4, -0.2) is 14.7 Å². The maximum absolute atomic E-state index is 6.81. The summed E-state index contributed by atoms with van der Waals surface area (Å²) in [5.74, 6) is 1.14. The van der Waals surface area contributed by atoms with Gasteiger partial charge in [-0.25, -0.2) is 0 Å². The van der Waals surface area contributed by atoms with Gasteiger partial charge >= 0.3 is 0 Å². The number of benzene rings is 5. The van der Waals surface area contributed by atoms with Crippen molar-refractivity contribution in [3.8, 4) is 39.1 Å². The summed E-state index contributed by atoms with van der Waals surface area (Å²) in [6.07, 6.45) is 13.5. The zero-order valence-corrected chi connectivity index (χ0v) is 33.8. The van der Waals surface area contributed by atoms with Crippen molar-refractivity contribution in [1.82, 2.24) is 0 Å². The monoisotopic (exact) mass is 704 g/mol. The van der Waals surface area contributed by atoms with Crippen molar-refractivity contribution < 1.29 is 4.74 Å². The van der Waals surface area contributed by atoms with Gasteiger partial charge in [-0.1, -0.05) is 176 Å². The Bertz CT molecular complexity index is 1900. The minimum absolute atomic E-state index is 0.278. The number of hydrogen-bond donors (Lipinski definition) is 0. The topological polar surface area (TPSA) is 9.23 Å². The summed E-state index contributed by atoms with van der Waals surface area (Å²) in [7, 11) is -2.35. The molecule has 0 saturated carbocycles. The van der Waals surface area contributed by atoms with E-state index in [1.54, 1.807) is 0 Å². The number of fused-ring (bicyclic) bond motifs is 3. The van der Waals surface area contributed by atoms with Gasteiger partial charge in [0.15, 0.2) is 0 Å². The van der Waals surface area contributed by atoms with Crippen LogP contribution in [0.15, 0.2) is 110 Å². The van der Waals surface area contributed by atoms with E-state index in [0.29, 0.717) is 6.61 Å². The predicted octanol–water partition coefficient (Wildman–Crippen LogP) is 13.4. The molecule has 270 valence electrons. The smallest absolute Gasteiger partial charge is 0.122 e. The second kappa shape index (κ2) is 17.1. The molecule has 1 aliphatic rings. The molecule has 0 atom stereocenters. The number of aryl methyl sites for hydroxylation is 4. The van der Waals surface area contributed by atoms with Gasteiger partial charge in [-0.3, -0.25) is 0 Å². The zero-order chi connectivity index (χ0) is 36.7. The van der Waals surface area contributed by atoms with E-state index in [0.717, 1.165) is 31.4 Å². The van der Waals surface area contributed by atoms with E-state index in [9.17, 15) is 0 Å². The first-order valence-electron chi connectivity index (χ1n) is 20.2. The van der Waals surface area contributed by atoms with Gasteiger partial charge in [-0.15, -0.1) is 0 Å². The Morgan fingerprint density at radius 2 is 1.13 bits per heavy atom. The number of unbranched alkanes of at least 4 members (excludes halogenated alkanes) is 4. The van der Waals surface area contributed by atoms with E-state index in [1.807, 2.05) is 6.08 Å². The SMILES string of the molecule is C=CCOc1c(CCCCC)cc(CCCCC)cc1[Si](C)(C)C1c2cc(-c3ccccc3CC)ccc2-c2ccc(-c3ccccc3CC)cc21. The Labute approximate surface area is 316 Å². The lowest BCUT2D eigenvalue weighted by molar-refractivity contribution is 0.361. The standard InChI is InChI=1S/C50H60OSi/c1-8-13-15-21-36-32-41(24-16-14-9-2)49(51-31-10-3)48(33-36)52(6,7)50-46-34-39(42-25-19-17-22-37(42)11-4)27-29-44(46)45-30-28-40(35-47(45)50)43-26-20-18-23-38(43)12-5/h10,17-20,22-23,25-30,32-35,50H,3,8-9,11-16,21,24,31H2,1-2,4-7H3. The van der Waals surface area contributed by atoms with Crippen LogP contribution in [0.25, 0.3) is 33.4 Å². The predicted molar refractivity (Wildman–Crippen MR) is 229 cm³/mol. The summed E-state index contributed by atoms with van der Waals surface area (Å²) in [5, 5.41) is 1.47. The van der Waals surface area contributed by atoms with Crippen molar-refractivity contribution in [3.05, 3.63) is 143 Å². The Hall–Kier alpha value is -4.14. The molecular formula is C50H60OSi. The van der Waals surface area contributed by atoms with E-state index in [1.165, 1.54) is 110 Å². The molecule has 6 rings (SSSR count). The van der Waals surface area contributed by atoms with Crippen LogP contribution in [0.2, 0.25) is 13.1 Å². The molecule has 5 aromatic carbocycles. The van der Waals surface area contributed by atoms with Gasteiger partial charge in [-0.2, -0.15) is 0 Å². The molecule has 0 spiro atoms. The fourth-order valence-corrected chi connectivity index (χ4v) is 12.5. The van der Waals surface area contributed by atoms with Gasteiger partial charge < -0.3 is 4.74 Å². The molecule has 0 saturated heterocycles. The molecule has 52 heavy (non-hydrogen) atoms. The fraction of sp³-hybridized carbons (Fsp3) is 0.360. The van der Waals surface area contributed by atoms with Crippen molar-refractivity contribution in [2.45, 2.75) is 111 Å². The molecule has 0 unspecified atom stereocenters. The van der Waals surface area contributed by atoms with Crippen molar-refractivity contribution in [3.63, 3.8) is 0 Å². The highest BCUT2D eigenvalue weighted by atomic mass is 28.3. The largest absolute Gasteiger partial charge is 0.489 e. The van der Waals surface area contributed by atoms with E-state index in [2.05, 4.69) is 144 Å². The minimum Gasteiger partial charge on any atom is -0.489 e. The Balaban J connectivity index is 1.59. The lowest BCUT2D eigenvalue weighted by Gasteiger charge is -2.35. The van der Waals surface area contributed by atoms with Gasteiger partial charge in [0.1, 0.15) is 12.4 Å². The van der Waals surface area contributed by atoms with Crippen LogP contribution in [0.1, 0.15) is 105 Å². The highest BCUT2D eigenvalue weighted by Gasteiger charge is 2.44. The van der Waals surface area contributed by atoms with Gasteiger partial charge in [0.05, 0.1) is 8.07 Å². The van der Waals surface area contributed by atoms with E-state index in [-0.39, 0.29) is 5.54 Å². The molecular weight excluding hydrogens is 645 g/mol. The van der Waals surface area contributed by atoms with Gasteiger partial charge in [0.2, 0.25) is 0 Å². The highest BCUT2D eigenvalue weighted by molar-refractivity contribution is 6.92. The Morgan fingerprint density at radius 3 is 1.65 bits per heavy atom. The van der Waals surface area contributed by atoms with Crippen molar-refractivity contribution >= 4 is 13.3 Å². The second-order valence-electron chi connectivity index (χ2n) is 15.4. The van der Waals surface area contributed by atoms with Crippen LogP contribution < -0.4 is 9.92 Å². The third-order valence-electron chi connectivity index (χ3n) is 11.5. The average Bonchev–Trinajstić information content (AvgIpc) is 3.51. The summed E-state index contributed by atoms with van der Waals surface area (Å²) in [4.78, 5) is 0. The van der Waals surface area contributed by atoms with E-state index in [4.69, 9.17) is 4.74 Å². The molecule has 1 aliphatic carbocycles. The molecule has 0 N–H and O–H groups in total. The van der Waals surface area contributed by atoms with Crippen LogP contribution in [0.3, 0.4) is 0 Å². The van der Waals surface area contributed by atoms with E-state index < -0.39 is 8.07 Å². The molecule has 1 nitrogen and oxygen atoms in total. The Morgan fingerprint density at radius 1 is 0.596 bits per heavy atom. The molecule has 0 bridgehead atoms. The lowest BCUT2D eigenvalue weighted by atomic mass is 9.94. The van der Waals surface area contributed by atoms with Gasteiger partial charge in [0.25, 0.3) is 0 Å². The zero-order valence-electron chi connectivity index (χ0n) is 32.8. The lowest BCUT2D eigenvalue weighted by Crippen LogP contribution is -2.49. The number of hydrogen-bond acceptors (Lipinski definition) is 1. The first-order chi connectivity index (χ1) is 25.4. The van der Waals surface area contributed by atoms with Crippen LogP contribution in [0.5, 0.6) is 5.75 Å². The van der Waals surface area contributed by atoms with Gasteiger partial charge in [0, 0.05) is 5.54 Å². The van der Waals surface area contributed by atoms with Crippen molar-refractivity contribution in [1.29, 1.82) is 0 Å². The maximum atomic E-state index is 6.81. The van der Waals surface area contributed by atoms with Crippen LogP contribution in [0, 0.1) is 0 Å². The van der Waals surface area contributed by atoms with Crippen molar-refractivity contribution in [2.75, 3.05) is 6.61 Å². The van der Waals surface area contributed by atoms with Crippen LogP contribution >= 0.6 is 0 Å². The summed E-state index contributed by atoms with van der Waals surface area (Å²) in [5.41, 5.74) is 17.1. The molecule has 2 heteroatoms. The first kappa shape index (κ1) is 37.6. The van der Waals surface area contributed by atoms with Crippen LogP contribution in [0.4, 0.5) is 0 Å². The third kappa shape index (κ3) is 7.65. The molecule has 0 radical (unpaired) electrons. The molecule has 0 heterocycles. The normalized spacial score (nSPS) is 12.5. The quantitative estimate of drug-likeness (QED) is 0.0532. The molecule has 0 aromatic heterocycles. The summed E-state index contributed by atoms with van der Waals surface area (Å²) >= 11 is 0. The fourth-order valence-electron chi connectivity index (χ4n) is 8.77. The average molecular weight is 705 g/mol. The summed E-state index contributed by atoms with van der Waals surface area (Å²) in [6.45, 7) is 19.0. The first-order valence-corrected chi connectivity index (χ1v) is 23.3. The van der Waals surface area contributed by atoms with E-state index >= 15 is 0 Å². The number of rotatable bonds is 17. The molecule has 0 aliphatic heterocycles. The van der Waals surface area contributed by atoms with Gasteiger partial charge in [-0.05, 0) is 110 Å². The minimum atomic E-state index is -2.35. The Kier molecular flexibility index (Phi) is 12.4. The highest BCUT2D eigenvalue weighted by Crippen LogP contribution is 2.52. The van der Waals surface area contributed by atoms with Crippen molar-refractivity contribution in [2.24, 2.45) is 0 Å². The molecule has 0 fully saturated rings.